The minimum atomic E-state index is -0.567. The molecule has 0 radical (unpaired) electrons. The van der Waals surface area contributed by atoms with Crippen LogP contribution < -0.4 is 10.1 Å². The Hall–Kier alpha value is -2.53. The molecule has 0 aromatic heterocycles. The number of nitrogens with zero attached hydrogens (tertiary/aromatic N) is 1. The molecule has 0 aliphatic carbocycles. The lowest BCUT2D eigenvalue weighted by atomic mass is 10.1. The Morgan fingerprint density at radius 3 is 2.29 bits per heavy atom. The highest BCUT2D eigenvalue weighted by atomic mass is 35.5. The summed E-state index contributed by atoms with van der Waals surface area (Å²) < 4.78 is 5.80. The largest absolute Gasteiger partial charge is 0.484 e. The fourth-order valence-corrected chi connectivity index (χ4v) is 3.58. The zero-order chi connectivity index (χ0) is 22.8. The molecule has 0 fully saturated rings. The zero-order valence-corrected chi connectivity index (χ0v) is 19.7. The Balaban J connectivity index is 2.18. The highest BCUT2D eigenvalue weighted by Crippen LogP contribution is 2.18. The van der Waals surface area contributed by atoms with E-state index < -0.39 is 6.04 Å². The van der Waals surface area contributed by atoms with Crippen LogP contribution in [0.1, 0.15) is 49.8 Å². The number of amides is 2. The predicted molar refractivity (Wildman–Crippen MR) is 125 cm³/mol. The molecule has 0 spiro atoms. The summed E-state index contributed by atoms with van der Waals surface area (Å²) in [4.78, 5) is 27.6. The van der Waals surface area contributed by atoms with Gasteiger partial charge in [-0.3, -0.25) is 9.59 Å². The second kappa shape index (κ2) is 12.4. The molecule has 168 valence electrons. The van der Waals surface area contributed by atoms with Gasteiger partial charge in [-0.2, -0.15) is 0 Å². The Morgan fingerprint density at radius 2 is 1.71 bits per heavy atom. The van der Waals surface area contributed by atoms with Crippen LogP contribution in [0.15, 0.2) is 42.5 Å². The third-order valence-electron chi connectivity index (χ3n) is 5.04. The van der Waals surface area contributed by atoms with Crippen LogP contribution in [0.25, 0.3) is 0 Å². The van der Waals surface area contributed by atoms with Crippen molar-refractivity contribution in [1.29, 1.82) is 0 Å². The normalized spacial score (nSPS) is 11.6. The van der Waals surface area contributed by atoms with E-state index in [1.807, 2.05) is 45.0 Å². The third kappa shape index (κ3) is 7.91. The molecule has 2 aromatic rings. The highest BCUT2D eigenvalue weighted by molar-refractivity contribution is 6.30. The average Bonchev–Trinajstić information content (AvgIpc) is 2.73. The minimum absolute atomic E-state index is 0.130. The van der Waals surface area contributed by atoms with Gasteiger partial charge in [-0.1, -0.05) is 50.1 Å². The van der Waals surface area contributed by atoms with Crippen LogP contribution in [-0.2, 0) is 16.1 Å². The molecule has 1 N–H and O–H groups in total. The van der Waals surface area contributed by atoms with Gasteiger partial charge in [-0.05, 0) is 67.6 Å². The molecule has 0 saturated heterocycles. The summed E-state index contributed by atoms with van der Waals surface area (Å²) >= 11 is 6.00. The Morgan fingerprint density at radius 1 is 1.06 bits per heavy atom. The SMILES string of the molecule is CCCCNC(=O)[C@H](CC)N(Cc1ccc(Cl)cc1)C(=O)COc1cc(C)cc(C)c1. The standard InChI is InChI=1S/C25H33ClN2O3/c1-5-7-12-27-25(30)23(6-2)28(16-20-8-10-21(26)11-9-20)24(29)17-31-22-14-18(3)13-19(4)15-22/h8-11,13-15,23H,5-7,12,16-17H2,1-4H3,(H,27,30)/t23-/m0/s1. The summed E-state index contributed by atoms with van der Waals surface area (Å²) in [5.41, 5.74) is 3.05. The topological polar surface area (TPSA) is 58.6 Å². The molecule has 2 rings (SSSR count). The molecule has 0 heterocycles. The van der Waals surface area contributed by atoms with E-state index in [1.54, 1.807) is 17.0 Å². The molecular formula is C25H33ClN2O3. The number of carbonyl (C=O) groups excluding carboxylic acids is 2. The molecular weight excluding hydrogens is 412 g/mol. The lowest BCUT2D eigenvalue weighted by molar-refractivity contribution is -0.143. The smallest absolute Gasteiger partial charge is 0.261 e. The number of ether oxygens (including phenoxy) is 1. The van der Waals surface area contributed by atoms with Gasteiger partial charge in [0.25, 0.3) is 5.91 Å². The summed E-state index contributed by atoms with van der Waals surface area (Å²) in [5, 5.41) is 3.59. The van der Waals surface area contributed by atoms with E-state index in [0.29, 0.717) is 30.3 Å². The van der Waals surface area contributed by atoms with Crippen molar-refractivity contribution in [1.82, 2.24) is 10.2 Å². The minimum Gasteiger partial charge on any atom is -0.484 e. The van der Waals surface area contributed by atoms with E-state index in [9.17, 15) is 9.59 Å². The van der Waals surface area contributed by atoms with Crippen LogP contribution in [0.4, 0.5) is 0 Å². The van der Waals surface area contributed by atoms with Gasteiger partial charge in [0.1, 0.15) is 11.8 Å². The lowest BCUT2D eigenvalue weighted by Gasteiger charge is -2.30. The second-order valence-electron chi connectivity index (χ2n) is 7.83. The Labute approximate surface area is 190 Å². The molecule has 0 aliphatic rings. The summed E-state index contributed by atoms with van der Waals surface area (Å²) in [6, 6.07) is 12.6. The van der Waals surface area contributed by atoms with Gasteiger partial charge in [-0.25, -0.2) is 0 Å². The van der Waals surface area contributed by atoms with Crippen molar-refractivity contribution >= 4 is 23.4 Å². The quantitative estimate of drug-likeness (QED) is 0.493. The number of halogens is 1. The van der Waals surface area contributed by atoms with Crippen molar-refractivity contribution in [3.8, 4) is 5.75 Å². The van der Waals surface area contributed by atoms with E-state index in [2.05, 4.69) is 18.3 Å². The first-order valence-corrected chi connectivity index (χ1v) is 11.2. The molecule has 2 aromatic carbocycles. The van der Waals surface area contributed by atoms with Gasteiger partial charge in [-0.15, -0.1) is 0 Å². The second-order valence-corrected chi connectivity index (χ2v) is 8.27. The maximum atomic E-state index is 13.2. The first kappa shape index (κ1) is 24.7. The fraction of sp³-hybridized carbons (Fsp3) is 0.440. The molecule has 31 heavy (non-hydrogen) atoms. The van der Waals surface area contributed by atoms with Crippen molar-refractivity contribution in [2.45, 2.75) is 59.5 Å². The number of unbranched alkanes of at least 4 members (excludes halogenated alkanes) is 1. The van der Waals surface area contributed by atoms with Crippen molar-refractivity contribution < 1.29 is 14.3 Å². The third-order valence-corrected chi connectivity index (χ3v) is 5.29. The number of aryl methyl sites for hydroxylation is 2. The highest BCUT2D eigenvalue weighted by Gasteiger charge is 2.28. The van der Waals surface area contributed by atoms with E-state index in [0.717, 1.165) is 29.5 Å². The average molecular weight is 445 g/mol. The molecule has 0 saturated carbocycles. The van der Waals surface area contributed by atoms with Crippen LogP contribution in [0.5, 0.6) is 5.75 Å². The van der Waals surface area contributed by atoms with Gasteiger partial charge >= 0.3 is 0 Å². The first-order valence-electron chi connectivity index (χ1n) is 10.9. The monoisotopic (exact) mass is 444 g/mol. The van der Waals surface area contributed by atoms with E-state index >= 15 is 0 Å². The van der Waals surface area contributed by atoms with Gasteiger partial charge < -0.3 is 15.0 Å². The van der Waals surface area contributed by atoms with E-state index in [1.165, 1.54) is 0 Å². The van der Waals surface area contributed by atoms with Crippen LogP contribution in [-0.4, -0.2) is 35.9 Å². The first-order chi connectivity index (χ1) is 14.8. The van der Waals surface area contributed by atoms with Gasteiger partial charge in [0.15, 0.2) is 6.61 Å². The van der Waals surface area contributed by atoms with Crippen LogP contribution >= 0.6 is 11.6 Å². The van der Waals surface area contributed by atoms with Crippen LogP contribution in [0, 0.1) is 13.8 Å². The zero-order valence-electron chi connectivity index (χ0n) is 18.9. The van der Waals surface area contributed by atoms with Gasteiger partial charge in [0.2, 0.25) is 5.91 Å². The van der Waals surface area contributed by atoms with Crippen molar-refractivity contribution in [2.24, 2.45) is 0 Å². The fourth-order valence-electron chi connectivity index (χ4n) is 3.46. The number of carbonyl (C=O) groups is 2. The number of rotatable bonds is 11. The molecule has 6 heteroatoms. The molecule has 1 atom stereocenters. The van der Waals surface area contributed by atoms with Gasteiger partial charge in [0.05, 0.1) is 0 Å². The van der Waals surface area contributed by atoms with Crippen LogP contribution in [0.3, 0.4) is 0 Å². The van der Waals surface area contributed by atoms with Crippen molar-refractivity contribution in [3.05, 3.63) is 64.2 Å². The molecule has 5 nitrogen and oxygen atoms in total. The van der Waals surface area contributed by atoms with Crippen LogP contribution in [0.2, 0.25) is 5.02 Å². The summed E-state index contributed by atoms with van der Waals surface area (Å²) in [6.07, 6.45) is 2.41. The number of hydrogen-bond acceptors (Lipinski definition) is 3. The molecule has 0 bridgehead atoms. The number of benzene rings is 2. The summed E-state index contributed by atoms with van der Waals surface area (Å²) in [7, 11) is 0. The van der Waals surface area contributed by atoms with Crippen molar-refractivity contribution in [3.63, 3.8) is 0 Å². The molecule has 0 aliphatic heterocycles. The Kier molecular flexibility index (Phi) is 9.86. The molecule has 2 amide bonds. The number of hydrogen-bond donors (Lipinski definition) is 1. The summed E-state index contributed by atoms with van der Waals surface area (Å²) in [5.74, 6) is 0.286. The maximum absolute atomic E-state index is 13.2. The van der Waals surface area contributed by atoms with E-state index in [4.69, 9.17) is 16.3 Å². The van der Waals surface area contributed by atoms with E-state index in [-0.39, 0.29) is 18.4 Å². The Bertz CT molecular complexity index is 847. The number of nitrogens with one attached hydrogen (secondary N) is 1. The summed E-state index contributed by atoms with van der Waals surface area (Å²) in [6.45, 7) is 8.75. The predicted octanol–water partition coefficient (Wildman–Crippen LogP) is 5.06. The van der Waals surface area contributed by atoms with Gasteiger partial charge in [0, 0.05) is 18.1 Å². The lowest BCUT2D eigenvalue weighted by Crippen LogP contribution is -2.50. The maximum Gasteiger partial charge on any atom is 0.261 e. The molecule has 0 unspecified atom stereocenters. The van der Waals surface area contributed by atoms with Crippen molar-refractivity contribution in [2.75, 3.05) is 13.2 Å².